The summed E-state index contributed by atoms with van der Waals surface area (Å²) in [5.41, 5.74) is 4.04. The highest BCUT2D eigenvalue weighted by atomic mass is 16.2. The molecule has 3 N–H and O–H groups in total. The second kappa shape index (κ2) is 6.56. The van der Waals surface area contributed by atoms with Gasteiger partial charge >= 0.3 is 0 Å². The molecule has 3 aromatic rings. The van der Waals surface area contributed by atoms with Crippen molar-refractivity contribution in [1.82, 2.24) is 14.6 Å². The van der Waals surface area contributed by atoms with Gasteiger partial charge in [-0.15, -0.1) is 0 Å². The zero-order valence-corrected chi connectivity index (χ0v) is 13.8. The Labute approximate surface area is 144 Å². The molecule has 126 valence electrons. The number of aliphatic hydroxyl groups is 1. The van der Waals surface area contributed by atoms with Gasteiger partial charge in [-0.25, -0.2) is 9.50 Å². The number of fused-ring (bicyclic) bond motifs is 1. The lowest BCUT2D eigenvalue weighted by atomic mass is 10.1. The van der Waals surface area contributed by atoms with E-state index < -0.39 is 0 Å². The number of nitrogens with zero attached hydrogens (tertiary/aromatic N) is 3. The van der Waals surface area contributed by atoms with Crippen molar-refractivity contribution in [3.05, 3.63) is 71.4 Å². The molecule has 0 saturated carbocycles. The van der Waals surface area contributed by atoms with Crippen LogP contribution in [0.15, 0.2) is 48.9 Å². The van der Waals surface area contributed by atoms with Gasteiger partial charge in [0.1, 0.15) is 5.56 Å². The van der Waals surface area contributed by atoms with Gasteiger partial charge in [-0.1, -0.05) is 12.1 Å². The Morgan fingerprint density at radius 3 is 2.68 bits per heavy atom. The lowest BCUT2D eigenvalue weighted by Crippen LogP contribution is -2.12. The predicted molar refractivity (Wildman–Crippen MR) is 95.5 cm³/mol. The van der Waals surface area contributed by atoms with Crippen molar-refractivity contribution >= 4 is 23.0 Å². The van der Waals surface area contributed by atoms with Crippen LogP contribution < -0.4 is 5.32 Å². The van der Waals surface area contributed by atoms with Gasteiger partial charge in [-0.2, -0.15) is 5.10 Å². The van der Waals surface area contributed by atoms with Gasteiger partial charge in [0.15, 0.2) is 5.65 Å². The van der Waals surface area contributed by atoms with Crippen molar-refractivity contribution in [1.29, 1.82) is 5.41 Å². The number of rotatable bonds is 4. The van der Waals surface area contributed by atoms with Crippen LogP contribution in [-0.4, -0.2) is 31.3 Å². The highest BCUT2D eigenvalue weighted by Gasteiger charge is 2.15. The summed E-state index contributed by atoms with van der Waals surface area (Å²) < 4.78 is 1.63. The number of hydrogen-bond donors (Lipinski definition) is 3. The Morgan fingerprint density at radius 2 is 2.00 bits per heavy atom. The van der Waals surface area contributed by atoms with E-state index in [1.165, 1.54) is 12.3 Å². The van der Waals surface area contributed by atoms with Crippen LogP contribution in [0.3, 0.4) is 0 Å². The van der Waals surface area contributed by atoms with Gasteiger partial charge in [0.2, 0.25) is 0 Å². The van der Waals surface area contributed by atoms with Crippen molar-refractivity contribution in [3.63, 3.8) is 0 Å². The van der Waals surface area contributed by atoms with E-state index in [0.717, 1.165) is 17.6 Å². The number of anilines is 1. The van der Waals surface area contributed by atoms with Crippen molar-refractivity contribution < 1.29 is 9.90 Å². The lowest BCUT2D eigenvalue weighted by molar-refractivity contribution is 0.102. The summed E-state index contributed by atoms with van der Waals surface area (Å²) in [6, 6.07) is 8.68. The molecular formula is C18H17N5O2. The second-order valence-corrected chi connectivity index (χ2v) is 5.59. The topological polar surface area (TPSA) is 103 Å². The molecule has 1 amide bonds. The summed E-state index contributed by atoms with van der Waals surface area (Å²) in [4.78, 5) is 16.9. The van der Waals surface area contributed by atoms with E-state index in [0.29, 0.717) is 22.5 Å². The Hall–Kier alpha value is -3.48. The summed E-state index contributed by atoms with van der Waals surface area (Å²) >= 11 is 0. The summed E-state index contributed by atoms with van der Waals surface area (Å²) in [7, 11) is 0. The average Bonchev–Trinajstić information content (AvgIpc) is 3.00. The number of hydrogen-bond acceptors (Lipinski definition) is 5. The van der Waals surface area contributed by atoms with E-state index in [1.807, 2.05) is 19.9 Å². The minimum Gasteiger partial charge on any atom is -0.516 e. The molecule has 1 aromatic carbocycles. The maximum atomic E-state index is 12.5. The number of benzene rings is 1. The Morgan fingerprint density at radius 1 is 1.28 bits per heavy atom. The zero-order chi connectivity index (χ0) is 18.0. The number of aromatic nitrogens is 3. The summed E-state index contributed by atoms with van der Waals surface area (Å²) in [5.74, 6) is -0.300. The molecule has 0 spiro atoms. The van der Waals surface area contributed by atoms with Crippen LogP contribution in [0.4, 0.5) is 5.69 Å². The number of aryl methyl sites for hydroxylation is 2. The van der Waals surface area contributed by atoms with Gasteiger partial charge in [-0.3, -0.25) is 4.79 Å². The summed E-state index contributed by atoms with van der Waals surface area (Å²) in [5, 5.41) is 23.5. The molecule has 0 aliphatic carbocycles. The molecule has 2 heterocycles. The SMILES string of the molecule is Cc1cc(C)n2ncc(C(=O)Nc3ccc(C(=N)/C=C\O)cc3)c2n1. The first-order chi connectivity index (χ1) is 12.0. The molecule has 0 aliphatic rings. The van der Waals surface area contributed by atoms with Gasteiger partial charge in [0.05, 0.1) is 18.2 Å². The van der Waals surface area contributed by atoms with Gasteiger partial charge in [0.25, 0.3) is 5.91 Å². The summed E-state index contributed by atoms with van der Waals surface area (Å²) in [6.07, 6.45) is 3.60. The van der Waals surface area contributed by atoms with E-state index in [4.69, 9.17) is 10.5 Å². The van der Waals surface area contributed by atoms with Crippen molar-refractivity contribution in [2.24, 2.45) is 0 Å². The number of aliphatic hydroxyl groups excluding tert-OH is 1. The maximum absolute atomic E-state index is 12.5. The molecule has 0 unspecified atom stereocenters. The first-order valence-electron chi connectivity index (χ1n) is 7.62. The fraction of sp³-hybridized carbons (Fsp3) is 0.111. The van der Waals surface area contributed by atoms with Crippen molar-refractivity contribution in [3.8, 4) is 0 Å². The summed E-state index contributed by atoms with van der Waals surface area (Å²) in [6.45, 7) is 3.78. The quantitative estimate of drug-likeness (QED) is 0.503. The van der Waals surface area contributed by atoms with Crippen LogP contribution in [0.25, 0.3) is 5.65 Å². The fourth-order valence-electron chi connectivity index (χ4n) is 2.53. The fourth-order valence-corrected chi connectivity index (χ4v) is 2.53. The predicted octanol–water partition coefficient (Wildman–Crippen LogP) is 3.04. The number of allylic oxidation sites excluding steroid dienone is 1. The standard InChI is InChI=1S/C18H17N5O2/c1-11-9-12(2)23-17(21-11)15(10-20-23)18(25)22-14-5-3-13(4-6-14)16(19)7-8-24/h3-10,19,24H,1-2H3,(H,22,25)/b8-7-,19-16?. The first kappa shape index (κ1) is 16.4. The van der Waals surface area contributed by atoms with Crippen LogP contribution in [-0.2, 0) is 0 Å². The molecule has 0 bridgehead atoms. The van der Waals surface area contributed by atoms with E-state index in [2.05, 4.69) is 15.4 Å². The molecule has 0 radical (unpaired) electrons. The van der Waals surface area contributed by atoms with E-state index in [9.17, 15) is 4.79 Å². The number of carbonyl (C=O) groups excluding carboxylic acids is 1. The monoisotopic (exact) mass is 335 g/mol. The molecule has 0 atom stereocenters. The third-order valence-electron chi connectivity index (χ3n) is 3.72. The molecule has 3 rings (SSSR count). The number of amides is 1. The molecule has 0 fully saturated rings. The number of carbonyl (C=O) groups is 1. The molecule has 0 aliphatic heterocycles. The van der Waals surface area contributed by atoms with Crippen LogP contribution in [0.2, 0.25) is 0 Å². The van der Waals surface area contributed by atoms with E-state index >= 15 is 0 Å². The minimum absolute atomic E-state index is 0.179. The highest BCUT2D eigenvalue weighted by molar-refractivity contribution is 6.09. The highest BCUT2D eigenvalue weighted by Crippen LogP contribution is 2.16. The molecule has 25 heavy (non-hydrogen) atoms. The Bertz CT molecular complexity index is 987. The first-order valence-corrected chi connectivity index (χ1v) is 7.62. The second-order valence-electron chi connectivity index (χ2n) is 5.59. The van der Waals surface area contributed by atoms with Crippen LogP contribution in [0.1, 0.15) is 27.3 Å². The normalized spacial score (nSPS) is 11.1. The van der Waals surface area contributed by atoms with Crippen LogP contribution in [0.5, 0.6) is 0 Å². The minimum atomic E-state index is -0.300. The molecule has 7 nitrogen and oxygen atoms in total. The van der Waals surface area contributed by atoms with Gasteiger partial charge < -0.3 is 15.8 Å². The van der Waals surface area contributed by atoms with Crippen molar-refractivity contribution in [2.75, 3.05) is 5.32 Å². The largest absolute Gasteiger partial charge is 0.516 e. The zero-order valence-electron chi connectivity index (χ0n) is 13.8. The van der Waals surface area contributed by atoms with Crippen LogP contribution >= 0.6 is 0 Å². The molecule has 2 aromatic heterocycles. The third kappa shape index (κ3) is 3.25. The Balaban J connectivity index is 1.84. The Kier molecular flexibility index (Phi) is 4.30. The van der Waals surface area contributed by atoms with Gasteiger partial charge in [-0.05, 0) is 43.7 Å². The van der Waals surface area contributed by atoms with E-state index in [1.54, 1.807) is 28.8 Å². The third-order valence-corrected chi connectivity index (χ3v) is 3.72. The van der Waals surface area contributed by atoms with Crippen molar-refractivity contribution in [2.45, 2.75) is 13.8 Å². The van der Waals surface area contributed by atoms with Gasteiger partial charge in [0, 0.05) is 17.1 Å². The smallest absolute Gasteiger partial charge is 0.261 e. The molecular weight excluding hydrogens is 318 g/mol. The average molecular weight is 335 g/mol. The lowest BCUT2D eigenvalue weighted by Gasteiger charge is -2.06. The number of nitrogens with one attached hydrogen (secondary N) is 2. The van der Waals surface area contributed by atoms with E-state index in [-0.39, 0.29) is 11.6 Å². The van der Waals surface area contributed by atoms with Crippen LogP contribution in [0, 0.1) is 19.3 Å². The maximum Gasteiger partial charge on any atom is 0.261 e. The molecule has 0 saturated heterocycles. The molecule has 7 heteroatoms.